The maximum atomic E-state index is 10.1. The molecule has 7 heteroatoms. The van der Waals surface area contributed by atoms with Crippen molar-refractivity contribution in [2.75, 3.05) is 7.11 Å². The van der Waals surface area contributed by atoms with E-state index in [1.54, 1.807) is 18.7 Å². The number of methoxy groups -OCH3 is 1. The summed E-state index contributed by atoms with van der Waals surface area (Å²) < 4.78 is 6.96. The number of aliphatic hydroxyl groups excluding tert-OH is 2. The van der Waals surface area contributed by atoms with Gasteiger partial charge in [-0.3, -0.25) is 4.68 Å². The fourth-order valence-electron chi connectivity index (χ4n) is 2.71. The molecule has 0 saturated carbocycles. The molecule has 0 aliphatic rings. The van der Waals surface area contributed by atoms with E-state index in [0.717, 1.165) is 26.8 Å². The minimum Gasteiger partial charge on any atom is -0.497 e. The van der Waals surface area contributed by atoms with Crippen LogP contribution in [0.3, 0.4) is 0 Å². The molecule has 25 heavy (non-hydrogen) atoms. The van der Waals surface area contributed by atoms with E-state index in [9.17, 15) is 10.2 Å². The Morgan fingerprint density at radius 1 is 1.28 bits per heavy atom. The predicted octanol–water partition coefficient (Wildman–Crippen LogP) is 2.92. The number of aryl methyl sites for hydroxylation is 1. The van der Waals surface area contributed by atoms with Crippen LogP contribution in [0.1, 0.15) is 34.2 Å². The largest absolute Gasteiger partial charge is 0.497 e. The van der Waals surface area contributed by atoms with Crippen LogP contribution in [0.5, 0.6) is 5.75 Å². The first-order chi connectivity index (χ1) is 12.0. The van der Waals surface area contributed by atoms with Gasteiger partial charge >= 0.3 is 0 Å². The zero-order valence-electron chi connectivity index (χ0n) is 14.4. The molecule has 0 radical (unpaired) electrons. The van der Waals surface area contributed by atoms with Crippen molar-refractivity contribution in [3.05, 3.63) is 51.6 Å². The Bertz CT molecular complexity index is 853. The van der Waals surface area contributed by atoms with Crippen molar-refractivity contribution >= 4 is 11.3 Å². The molecule has 1 unspecified atom stereocenters. The van der Waals surface area contributed by atoms with E-state index in [1.165, 1.54) is 11.3 Å². The van der Waals surface area contributed by atoms with Crippen LogP contribution in [-0.2, 0) is 13.2 Å². The Hall–Kier alpha value is -2.22. The summed E-state index contributed by atoms with van der Waals surface area (Å²) in [6, 6.07) is 7.77. The van der Waals surface area contributed by atoms with Crippen LogP contribution in [0.25, 0.3) is 11.3 Å². The van der Waals surface area contributed by atoms with Crippen molar-refractivity contribution in [2.45, 2.75) is 33.1 Å². The molecule has 0 spiro atoms. The average Bonchev–Trinajstić information content (AvgIpc) is 3.18. The second-order valence-electron chi connectivity index (χ2n) is 5.81. The van der Waals surface area contributed by atoms with Gasteiger partial charge in [-0.1, -0.05) is 12.1 Å². The molecule has 1 atom stereocenters. The summed E-state index contributed by atoms with van der Waals surface area (Å²) in [6.07, 6.45) is 1.15. The normalized spacial score (nSPS) is 12.4. The van der Waals surface area contributed by atoms with Gasteiger partial charge in [-0.2, -0.15) is 5.10 Å². The van der Waals surface area contributed by atoms with Crippen LogP contribution in [0.15, 0.2) is 30.5 Å². The molecular weight excluding hydrogens is 338 g/mol. The van der Waals surface area contributed by atoms with Crippen LogP contribution < -0.4 is 4.74 Å². The van der Waals surface area contributed by atoms with Crippen LogP contribution in [0, 0.1) is 6.92 Å². The summed E-state index contributed by atoms with van der Waals surface area (Å²) in [7, 11) is 1.64. The van der Waals surface area contributed by atoms with Gasteiger partial charge in [-0.15, -0.1) is 11.3 Å². The Morgan fingerprint density at radius 2 is 2.00 bits per heavy atom. The number of thiazole rings is 1. The highest BCUT2D eigenvalue weighted by molar-refractivity contribution is 7.12. The lowest BCUT2D eigenvalue weighted by molar-refractivity contribution is 0.193. The van der Waals surface area contributed by atoms with Crippen LogP contribution >= 0.6 is 11.3 Å². The van der Waals surface area contributed by atoms with E-state index >= 15 is 0 Å². The SMILES string of the molecule is COc1ccc(Cn2cc(-c3nc(C)sc3CO)c(C(C)O)n2)cc1. The van der Waals surface area contributed by atoms with Crippen molar-refractivity contribution in [3.63, 3.8) is 0 Å². The van der Waals surface area contributed by atoms with E-state index in [4.69, 9.17) is 4.74 Å². The van der Waals surface area contributed by atoms with Gasteiger partial charge in [-0.25, -0.2) is 4.98 Å². The molecular formula is C18H21N3O3S. The number of benzene rings is 1. The van der Waals surface area contributed by atoms with Crippen molar-refractivity contribution in [3.8, 4) is 17.0 Å². The van der Waals surface area contributed by atoms with E-state index in [1.807, 2.05) is 37.4 Å². The molecule has 1 aromatic carbocycles. The minimum atomic E-state index is -0.722. The number of aliphatic hydroxyl groups is 2. The maximum absolute atomic E-state index is 10.1. The Kier molecular flexibility index (Phi) is 5.17. The molecule has 0 aliphatic heterocycles. The molecule has 0 bridgehead atoms. The summed E-state index contributed by atoms with van der Waals surface area (Å²) in [4.78, 5) is 5.30. The zero-order chi connectivity index (χ0) is 18.0. The third-order valence-corrected chi connectivity index (χ3v) is 4.85. The van der Waals surface area contributed by atoms with Crippen molar-refractivity contribution in [2.24, 2.45) is 0 Å². The molecule has 0 amide bonds. The summed E-state index contributed by atoms with van der Waals surface area (Å²) in [6.45, 7) is 4.07. The Morgan fingerprint density at radius 3 is 2.60 bits per heavy atom. The van der Waals surface area contributed by atoms with E-state index in [-0.39, 0.29) is 6.61 Å². The molecule has 0 saturated heterocycles. The molecule has 0 aliphatic carbocycles. The summed E-state index contributed by atoms with van der Waals surface area (Å²) in [5.74, 6) is 0.806. The van der Waals surface area contributed by atoms with Gasteiger partial charge in [0.15, 0.2) is 0 Å². The second kappa shape index (κ2) is 7.35. The first kappa shape index (κ1) is 17.6. The summed E-state index contributed by atoms with van der Waals surface area (Å²) in [5.41, 5.74) is 3.09. The first-order valence-corrected chi connectivity index (χ1v) is 8.79. The highest BCUT2D eigenvalue weighted by Gasteiger charge is 2.20. The van der Waals surface area contributed by atoms with Gasteiger partial charge in [0.2, 0.25) is 0 Å². The van der Waals surface area contributed by atoms with Gasteiger partial charge in [-0.05, 0) is 31.5 Å². The topological polar surface area (TPSA) is 80.4 Å². The van der Waals surface area contributed by atoms with Gasteiger partial charge in [0.1, 0.15) is 11.4 Å². The van der Waals surface area contributed by atoms with Gasteiger partial charge < -0.3 is 14.9 Å². The molecule has 2 aromatic heterocycles. The number of hydrogen-bond donors (Lipinski definition) is 2. The first-order valence-electron chi connectivity index (χ1n) is 7.97. The van der Waals surface area contributed by atoms with Gasteiger partial charge in [0, 0.05) is 11.8 Å². The second-order valence-corrected chi connectivity index (χ2v) is 7.10. The number of aromatic nitrogens is 3. The number of ether oxygens (including phenoxy) is 1. The highest BCUT2D eigenvalue weighted by atomic mass is 32.1. The lowest BCUT2D eigenvalue weighted by atomic mass is 10.1. The number of hydrogen-bond acceptors (Lipinski definition) is 6. The zero-order valence-corrected chi connectivity index (χ0v) is 15.2. The number of nitrogens with zero attached hydrogens (tertiary/aromatic N) is 3. The van der Waals surface area contributed by atoms with E-state index in [2.05, 4.69) is 10.1 Å². The van der Waals surface area contributed by atoms with Crippen molar-refractivity contribution in [1.29, 1.82) is 0 Å². The minimum absolute atomic E-state index is 0.0796. The number of rotatable bonds is 6. The molecule has 6 nitrogen and oxygen atoms in total. The van der Waals surface area contributed by atoms with Crippen molar-refractivity contribution < 1.29 is 14.9 Å². The molecule has 132 valence electrons. The lowest BCUT2D eigenvalue weighted by Gasteiger charge is -2.04. The highest BCUT2D eigenvalue weighted by Crippen LogP contribution is 2.32. The smallest absolute Gasteiger partial charge is 0.118 e. The van der Waals surface area contributed by atoms with Gasteiger partial charge in [0.25, 0.3) is 0 Å². The Labute approximate surface area is 150 Å². The van der Waals surface area contributed by atoms with Crippen molar-refractivity contribution in [1.82, 2.24) is 14.8 Å². The third-order valence-electron chi connectivity index (χ3n) is 3.89. The molecule has 2 heterocycles. The molecule has 0 fully saturated rings. The van der Waals surface area contributed by atoms with Crippen LogP contribution in [0.4, 0.5) is 0 Å². The summed E-state index contributed by atoms with van der Waals surface area (Å²) in [5, 5.41) is 25.1. The van der Waals surface area contributed by atoms with Crippen LogP contribution in [0.2, 0.25) is 0 Å². The molecule has 3 rings (SSSR count). The fourth-order valence-corrected chi connectivity index (χ4v) is 3.52. The third kappa shape index (κ3) is 3.73. The van der Waals surface area contributed by atoms with Gasteiger partial charge in [0.05, 0.1) is 41.9 Å². The summed E-state index contributed by atoms with van der Waals surface area (Å²) >= 11 is 1.45. The fraction of sp³-hybridized carbons (Fsp3) is 0.333. The van der Waals surface area contributed by atoms with E-state index in [0.29, 0.717) is 17.9 Å². The molecule has 3 aromatic rings. The van der Waals surface area contributed by atoms with E-state index < -0.39 is 6.10 Å². The molecule has 2 N–H and O–H groups in total. The quantitative estimate of drug-likeness (QED) is 0.707. The maximum Gasteiger partial charge on any atom is 0.118 e. The standard InChI is InChI=1S/C18H21N3O3S/c1-11(23)17-15(18-16(10-22)25-12(2)19-18)9-21(20-17)8-13-4-6-14(24-3)7-5-13/h4-7,9,11,22-23H,8,10H2,1-3H3. The monoisotopic (exact) mass is 359 g/mol. The Balaban J connectivity index is 1.96. The predicted molar refractivity (Wildman–Crippen MR) is 96.7 cm³/mol. The van der Waals surface area contributed by atoms with Crippen LogP contribution in [-0.4, -0.2) is 32.1 Å². The lowest BCUT2D eigenvalue weighted by Crippen LogP contribution is -2.02. The average molecular weight is 359 g/mol.